The molecule has 0 aliphatic heterocycles. The van der Waals surface area contributed by atoms with E-state index in [0.29, 0.717) is 36.8 Å². The minimum absolute atomic E-state index is 0.176. The Hall–Kier alpha value is -1.49. The highest BCUT2D eigenvalue weighted by Crippen LogP contribution is 2.28. The van der Waals surface area contributed by atoms with Gasteiger partial charge in [0.1, 0.15) is 0 Å². The van der Waals surface area contributed by atoms with Crippen LogP contribution in [0.4, 0.5) is 0 Å². The smallest absolute Gasteiger partial charge is 0.251 e. The van der Waals surface area contributed by atoms with Crippen molar-refractivity contribution in [1.82, 2.24) is 5.32 Å². The van der Waals surface area contributed by atoms with Gasteiger partial charge in [-0.3, -0.25) is 4.79 Å². The fourth-order valence-corrected chi connectivity index (χ4v) is 1.61. The minimum atomic E-state index is -0.176. The Morgan fingerprint density at radius 2 is 1.89 bits per heavy atom. The number of amides is 1. The molecule has 0 heterocycles. The Balaban J connectivity index is 2.87. The third-order valence-corrected chi connectivity index (χ3v) is 2.53. The summed E-state index contributed by atoms with van der Waals surface area (Å²) in [5.74, 6) is 1.05. The van der Waals surface area contributed by atoms with E-state index in [1.807, 2.05) is 13.8 Å². The van der Waals surface area contributed by atoms with Crippen molar-refractivity contribution < 1.29 is 14.3 Å². The summed E-state index contributed by atoms with van der Waals surface area (Å²) in [5.41, 5.74) is 0.528. The van der Waals surface area contributed by atoms with E-state index in [2.05, 4.69) is 27.8 Å². The average Bonchev–Trinajstić information content (AvgIpc) is 2.38. The van der Waals surface area contributed by atoms with E-state index >= 15 is 0 Å². The quantitative estimate of drug-likeness (QED) is 0.837. The van der Waals surface area contributed by atoms with Crippen molar-refractivity contribution >= 4 is 21.8 Å². The highest BCUT2D eigenvalue weighted by Gasteiger charge is 2.11. The Kier molecular flexibility index (Phi) is 6.42. The van der Waals surface area contributed by atoms with Crippen molar-refractivity contribution in [2.45, 2.75) is 13.8 Å². The van der Waals surface area contributed by atoms with E-state index in [4.69, 9.17) is 9.47 Å². The van der Waals surface area contributed by atoms with Gasteiger partial charge >= 0.3 is 0 Å². The van der Waals surface area contributed by atoms with Gasteiger partial charge < -0.3 is 14.8 Å². The van der Waals surface area contributed by atoms with Crippen LogP contribution < -0.4 is 14.8 Å². The molecule has 104 valence electrons. The molecule has 0 saturated carbocycles. The number of rotatable bonds is 7. The maximum absolute atomic E-state index is 11.9. The van der Waals surface area contributed by atoms with Gasteiger partial charge in [0.15, 0.2) is 11.5 Å². The van der Waals surface area contributed by atoms with Crippen LogP contribution in [-0.4, -0.2) is 25.7 Å². The van der Waals surface area contributed by atoms with E-state index in [1.165, 1.54) is 0 Å². The van der Waals surface area contributed by atoms with Crippen LogP contribution in [0, 0.1) is 0 Å². The summed E-state index contributed by atoms with van der Waals surface area (Å²) in [6.45, 7) is 8.90. The summed E-state index contributed by atoms with van der Waals surface area (Å²) in [4.78, 5) is 11.9. The first-order chi connectivity index (χ1) is 9.08. The molecule has 0 aromatic heterocycles. The first-order valence-electron chi connectivity index (χ1n) is 6.09. The van der Waals surface area contributed by atoms with Gasteiger partial charge in [-0.05, 0) is 32.0 Å². The molecule has 19 heavy (non-hydrogen) atoms. The molecule has 0 spiro atoms. The van der Waals surface area contributed by atoms with Crippen molar-refractivity contribution in [2.24, 2.45) is 0 Å². The normalized spacial score (nSPS) is 9.84. The summed E-state index contributed by atoms with van der Waals surface area (Å²) in [6, 6.07) is 5.13. The molecule has 0 fully saturated rings. The van der Waals surface area contributed by atoms with Gasteiger partial charge in [-0.1, -0.05) is 22.5 Å². The van der Waals surface area contributed by atoms with Gasteiger partial charge in [0.2, 0.25) is 0 Å². The van der Waals surface area contributed by atoms with E-state index in [0.717, 1.165) is 4.48 Å². The Morgan fingerprint density at radius 3 is 2.47 bits per heavy atom. The molecule has 0 aliphatic rings. The molecule has 0 atom stereocenters. The predicted octanol–water partition coefficient (Wildman–Crippen LogP) is 3.12. The van der Waals surface area contributed by atoms with Gasteiger partial charge in [0.05, 0.1) is 13.2 Å². The van der Waals surface area contributed by atoms with Crippen molar-refractivity contribution in [3.05, 3.63) is 34.8 Å². The molecule has 1 amide bonds. The molecule has 1 N–H and O–H groups in total. The Bertz CT molecular complexity index is 460. The molecule has 1 aromatic rings. The topological polar surface area (TPSA) is 47.6 Å². The number of ether oxygens (including phenoxy) is 2. The fourth-order valence-electron chi connectivity index (χ4n) is 1.47. The molecular weight excluding hydrogens is 310 g/mol. The zero-order valence-corrected chi connectivity index (χ0v) is 12.7. The lowest BCUT2D eigenvalue weighted by atomic mass is 10.2. The molecule has 0 unspecified atom stereocenters. The summed E-state index contributed by atoms with van der Waals surface area (Å²) in [7, 11) is 0. The summed E-state index contributed by atoms with van der Waals surface area (Å²) >= 11 is 3.19. The number of benzene rings is 1. The second kappa shape index (κ2) is 7.84. The van der Waals surface area contributed by atoms with Crippen molar-refractivity contribution in [1.29, 1.82) is 0 Å². The second-order valence-electron chi connectivity index (χ2n) is 3.73. The summed E-state index contributed by atoms with van der Waals surface area (Å²) < 4.78 is 11.6. The first kappa shape index (κ1) is 15.6. The van der Waals surface area contributed by atoms with Crippen molar-refractivity contribution in [3.63, 3.8) is 0 Å². The lowest BCUT2D eigenvalue weighted by molar-refractivity contribution is 0.0957. The first-order valence-corrected chi connectivity index (χ1v) is 6.88. The zero-order valence-electron chi connectivity index (χ0n) is 11.2. The monoisotopic (exact) mass is 327 g/mol. The lowest BCUT2D eigenvalue weighted by Gasteiger charge is -2.12. The van der Waals surface area contributed by atoms with Crippen molar-refractivity contribution in [2.75, 3.05) is 19.8 Å². The number of hydrogen-bond acceptors (Lipinski definition) is 3. The van der Waals surface area contributed by atoms with Crippen LogP contribution in [0.5, 0.6) is 11.5 Å². The molecule has 5 heteroatoms. The second-order valence-corrected chi connectivity index (χ2v) is 4.85. The third-order valence-electron chi connectivity index (χ3n) is 2.25. The standard InChI is InChI=1S/C14H18BrNO3/c1-4-18-12-7-6-11(8-13(12)19-5-2)14(17)16-9-10(3)15/h6-8H,3-5,9H2,1-2H3,(H,16,17). The SMILES string of the molecule is C=C(Br)CNC(=O)c1ccc(OCC)c(OCC)c1. The van der Waals surface area contributed by atoms with E-state index < -0.39 is 0 Å². The maximum atomic E-state index is 11.9. The molecule has 0 bridgehead atoms. The number of halogens is 1. The number of carbonyl (C=O) groups is 1. The largest absolute Gasteiger partial charge is 0.490 e. The minimum Gasteiger partial charge on any atom is -0.490 e. The van der Waals surface area contributed by atoms with E-state index in [1.54, 1.807) is 18.2 Å². The van der Waals surface area contributed by atoms with E-state index in [-0.39, 0.29) is 5.91 Å². The fraction of sp³-hybridized carbons (Fsp3) is 0.357. The van der Waals surface area contributed by atoms with Crippen molar-refractivity contribution in [3.8, 4) is 11.5 Å². The molecule has 0 radical (unpaired) electrons. The predicted molar refractivity (Wildman–Crippen MR) is 79.2 cm³/mol. The highest BCUT2D eigenvalue weighted by atomic mass is 79.9. The number of hydrogen-bond donors (Lipinski definition) is 1. The lowest BCUT2D eigenvalue weighted by Crippen LogP contribution is -2.24. The van der Waals surface area contributed by atoms with E-state index in [9.17, 15) is 4.79 Å². The molecule has 4 nitrogen and oxygen atoms in total. The Labute approximate surface area is 121 Å². The summed E-state index contributed by atoms with van der Waals surface area (Å²) in [6.07, 6.45) is 0. The van der Waals surface area contributed by atoms with Gasteiger partial charge in [0, 0.05) is 16.6 Å². The van der Waals surface area contributed by atoms with Crippen LogP contribution in [0.25, 0.3) is 0 Å². The van der Waals surface area contributed by atoms with Crippen LogP contribution in [0.15, 0.2) is 29.3 Å². The third kappa shape index (κ3) is 4.95. The van der Waals surface area contributed by atoms with Crippen LogP contribution in [0.1, 0.15) is 24.2 Å². The summed E-state index contributed by atoms with van der Waals surface area (Å²) in [5, 5.41) is 2.74. The van der Waals surface area contributed by atoms with Crippen LogP contribution in [-0.2, 0) is 0 Å². The highest BCUT2D eigenvalue weighted by molar-refractivity contribution is 9.11. The van der Waals surface area contributed by atoms with Gasteiger partial charge in [-0.2, -0.15) is 0 Å². The van der Waals surface area contributed by atoms with Crippen LogP contribution >= 0.6 is 15.9 Å². The van der Waals surface area contributed by atoms with Crippen LogP contribution in [0.3, 0.4) is 0 Å². The molecule has 0 aliphatic carbocycles. The zero-order chi connectivity index (χ0) is 14.3. The number of carbonyl (C=O) groups excluding carboxylic acids is 1. The van der Waals surface area contributed by atoms with Crippen LogP contribution in [0.2, 0.25) is 0 Å². The molecule has 0 saturated heterocycles. The number of nitrogens with one attached hydrogen (secondary N) is 1. The molecule has 1 aromatic carbocycles. The average molecular weight is 328 g/mol. The Morgan fingerprint density at radius 1 is 1.26 bits per heavy atom. The molecule has 1 rings (SSSR count). The maximum Gasteiger partial charge on any atom is 0.251 e. The van der Waals surface area contributed by atoms with Gasteiger partial charge in [0.25, 0.3) is 5.91 Å². The molecular formula is C14H18BrNO3. The van der Waals surface area contributed by atoms with Gasteiger partial charge in [-0.25, -0.2) is 0 Å². The van der Waals surface area contributed by atoms with Gasteiger partial charge in [-0.15, -0.1) is 0 Å².